The molecule has 1 N–H and O–H groups in total. The molecule has 0 aliphatic carbocycles. The Balaban J connectivity index is 2.56. The number of thioether (sulfide) groups is 1. The van der Waals surface area contributed by atoms with Crippen molar-refractivity contribution in [2.75, 3.05) is 19.0 Å². The Kier molecular flexibility index (Phi) is 9.10. The van der Waals surface area contributed by atoms with E-state index in [0.29, 0.717) is 29.5 Å². The number of hydrogen-bond acceptors (Lipinski definition) is 6. The van der Waals surface area contributed by atoms with Gasteiger partial charge >= 0.3 is 0 Å². The summed E-state index contributed by atoms with van der Waals surface area (Å²) in [6.45, 7) is 2.35. The van der Waals surface area contributed by atoms with Crippen LogP contribution in [-0.2, 0) is 9.53 Å². The molecule has 0 aliphatic heterocycles. The summed E-state index contributed by atoms with van der Waals surface area (Å²) < 4.78 is 10.7. The van der Waals surface area contributed by atoms with Gasteiger partial charge in [-0.25, -0.2) is 0 Å². The number of carbonyl (C=O) groups excluding carboxylic acids is 1. The van der Waals surface area contributed by atoms with Crippen molar-refractivity contribution in [1.82, 2.24) is 0 Å². The summed E-state index contributed by atoms with van der Waals surface area (Å²) in [6, 6.07) is 9.21. The predicted molar refractivity (Wildman–Crippen MR) is 96.7 cm³/mol. The number of methoxy groups -OCH3 is 1. The minimum absolute atomic E-state index is 0.0769. The van der Waals surface area contributed by atoms with E-state index >= 15 is 0 Å². The number of anilines is 1. The third-order valence-electron chi connectivity index (χ3n) is 2.89. The van der Waals surface area contributed by atoms with Gasteiger partial charge in [0.2, 0.25) is 10.3 Å². The zero-order chi connectivity index (χ0) is 17.1. The molecule has 1 aromatic carbocycles. The molecule has 0 fully saturated rings. The third kappa shape index (κ3) is 7.86. The van der Waals surface area contributed by atoms with Crippen molar-refractivity contribution < 1.29 is 14.3 Å². The maximum absolute atomic E-state index is 12.2. The lowest BCUT2D eigenvalue weighted by Crippen LogP contribution is -2.19. The lowest BCUT2D eigenvalue weighted by molar-refractivity contribution is -0.116. The number of rotatable bonds is 8. The first-order valence-electron chi connectivity index (χ1n) is 7.23. The molecule has 1 rings (SSSR count). The molecule has 5 nitrogen and oxygen atoms in total. The number of nitrogens with one attached hydrogen (secondary N) is 1. The van der Waals surface area contributed by atoms with E-state index in [-0.39, 0.29) is 17.6 Å². The second-order valence-electron chi connectivity index (χ2n) is 4.60. The number of amides is 1. The van der Waals surface area contributed by atoms with Gasteiger partial charge in [-0.1, -0.05) is 11.8 Å². The molecule has 0 aliphatic rings. The maximum atomic E-state index is 12.2. The van der Waals surface area contributed by atoms with E-state index in [4.69, 9.17) is 27.0 Å². The molecule has 0 saturated heterocycles. The molecule has 0 spiro atoms. The highest BCUT2D eigenvalue weighted by atomic mass is 32.2. The number of carbonyl (C=O) groups is 1. The number of thiocarbonyl (C=S) groups is 1. The van der Waals surface area contributed by atoms with Crippen molar-refractivity contribution >= 4 is 40.0 Å². The SMILES string of the molecule is CCOC(=S)SC(CCC#N)CC(=O)Nc1ccc(OC)cc1. The topological polar surface area (TPSA) is 71.3 Å². The van der Waals surface area contributed by atoms with Crippen LogP contribution in [0.15, 0.2) is 24.3 Å². The molecule has 23 heavy (non-hydrogen) atoms. The van der Waals surface area contributed by atoms with Gasteiger partial charge in [0.25, 0.3) is 0 Å². The van der Waals surface area contributed by atoms with E-state index in [1.165, 1.54) is 11.8 Å². The predicted octanol–water partition coefficient (Wildman–Crippen LogP) is 3.75. The Morgan fingerprint density at radius 1 is 1.43 bits per heavy atom. The van der Waals surface area contributed by atoms with Crippen LogP contribution in [0.25, 0.3) is 0 Å². The van der Waals surface area contributed by atoms with E-state index in [9.17, 15) is 4.79 Å². The highest BCUT2D eigenvalue weighted by Gasteiger charge is 2.17. The standard InChI is InChI=1S/C16H20N2O3S2/c1-3-21-16(22)23-14(5-4-10-17)11-15(19)18-12-6-8-13(20-2)9-7-12/h6-9,14H,3-5,11H2,1-2H3,(H,18,19). The molecule has 1 amide bonds. The van der Waals surface area contributed by atoms with Crippen LogP contribution < -0.4 is 10.1 Å². The Hall–Kier alpha value is -1.78. The second kappa shape index (κ2) is 10.9. The molecule has 0 saturated carbocycles. The molecule has 1 aromatic rings. The highest BCUT2D eigenvalue weighted by Crippen LogP contribution is 2.23. The van der Waals surface area contributed by atoms with Crippen molar-refractivity contribution in [3.8, 4) is 11.8 Å². The Morgan fingerprint density at radius 2 is 2.13 bits per heavy atom. The van der Waals surface area contributed by atoms with Crippen molar-refractivity contribution in [2.45, 2.75) is 31.4 Å². The largest absolute Gasteiger partial charge is 0.497 e. The summed E-state index contributed by atoms with van der Waals surface area (Å²) in [5, 5.41) is 11.5. The van der Waals surface area contributed by atoms with Crippen LogP contribution in [0, 0.1) is 11.3 Å². The van der Waals surface area contributed by atoms with E-state index in [1.54, 1.807) is 31.4 Å². The smallest absolute Gasteiger partial charge is 0.225 e. The van der Waals surface area contributed by atoms with E-state index in [0.717, 1.165) is 5.75 Å². The normalized spacial score (nSPS) is 11.2. The molecule has 7 heteroatoms. The summed E-state index contributed by atoms with van der Waals surface area (Å²) in [7, 11) is 1.59. The molecule has 0 bridgehead atoms. The number of benzene rings is 1. The molecular weight excluding hydrogens is 332 g/mol. The summed E-state index contributed by atoms with van der Waals surface area (Å²) in [6.07, 6.45) is 1.23. The van der Waals surface area contributed by atoms with Crippen LogP contribution in [-0.4, -0.2) is 29.3 Å². The van der Waals surface area contributed by atoms with Crippen molar-refractivity contribution in [3.63, 3.8) is 0 Å². The molecule has 0 heterocycles. The minimum atomic E-state index is -0.120. The Bertz CT molecular complexity index is 555. The molecule has 1 atom stereocenters. The van der Waals surface area contributed by atoms with Crippen molar-refractivity contribution in [3.05, 3.63) is 24.3 Å². The van der Waals surface area contributed by atoms with Crippen LogP contribution in [0.1, 0.15) is 26.2 Å². The van der Waals surface area contributed by atoms with Gasteiger partial charge in [0, 0.05) is 23.8 Å². The van der Waals surface area contributed by atoms with Crippen LogP contribution in [0.3, 0.4) is 0 Å². The van der Waals surface area contributed by atoms with Crippen molar-refractivity contribution in [1.29, 1.82) is 5.26 Å². The quantitative estimate of drug-likeness (QED) is 0.719. The van der Waals surface area contributed by atoms with Gasteiger partial charge in [-0.05, 0) is 49.8 Å². The zero-order valence-electron chi connectivity index (χ0n) is 13.2. The Morgan fingerprint density at radius 3 is 2.70 bits per heavy atom. The summed E-state index contributed by atoms with van der Waals surface area (Å²) in [5.41, 5.74) is 0.701. The van der Waals surface area contributed by atoms with Crippen LogP contribution >= 0.6 is 24.0 Å². The molecular formula is C16H20N2O3S2. The summed E-state index contributed by atoms with van der Waals surface area (Å²) >= 11 is 6.43. The first-order valence-corrected chi connectivity index (χ1v) is 8.52. The summed E-state index contributed by atoms with van der Waals surface area (Å²) in [4.78, 5) is 12.2. The van der Waals surface area contributed by atoms with Crippen molar-refractivity contribution in [2.24, 2.45) is 0 Å². The fourth-order valence-corrected chi connectivity index (χ4v) is 3.26. The van der Waals surface area contributed by atoms with E-state index in [2.05, 4.69) is 11.4 Å². The van der Waals surface area contributed by atoms with Gasteiger partial charge in [-0.2, -0.15) is 5.26 Å². The van der Waals surface area contributed by atoms with Gasteiger partial charge in [0.1, 0.15) is 5.75 Å². The minimum Gasteiger partial charge on any atom is -0.497 e. The third-order valence-corrected chi connectivity index (χ3v) is 4.34. The number of nitrogens with zero attached hydrogens (tertiary/aromatic N) is 1. The van der Waals surface area contributed by atoms with E-state index < -0.39 is 0 Å². The average molecular weight is 352 g/mol. The molecule has 1 unspecified atom stereocenters. The van der Waals surface area contributed by atoms with Gasteiger partial charge in [0.05, 0.1) is 19.8 Å². The van der Waals surface area contributed by atoms with Crippen LogP contribution in [0.2, 0.25) is 0 Å². The van der Waals surface area contributed by atoms with Gasteiger partial charge in [0.15, 0.2) is 0 Å². The fourth-order valence-electron chi connectivity index (χ4n) is 1.81. The first kappa shape index (κ1) is 19.3. The number of ether oxygens (including phenoxy) is 2. The van der Waals surface area contributed by atoms with Gasteiger partial charge in [-0.3, -0.25) is 4.79 Å². The fraction of sp³-hybridized carbons (Fsp3) is 0.438. The maximum Gasteiger partial charge on any atom is 0.225 e. The van der Waals surface area contributed by atoms with Crippen LogP contribution in [0.5, 0.6) is 5.75 Å². The number of hydrogen-bond donors (Lipinski definition) is 1. The average Bonchev–Trinajstić information content (AvgIpc) is 2.53. The molecule has 0 aromatic heterocycles. The van der Waals surface area contributed by atoms with E-state index in [1.807, 2.05) is 6.92 Å². The van der Waals surface area contributed by atoms with Gasteiger partial charge in [-0.15, -0.1) is 0 Å². The lowest BCUT2D eigenvalue weighted by atomic mass is 10.2. The monoisotopic (exact) mass is 352 g/mol. The Labute approximate surface area is 146 Å². The molecule has 0 radical (unpaired) electrons. The molecule has 124 valence electrons. The van der Waals surface area contributed by atoms with Gasteiger partial charge < -0.3 is 14.8 Å². The highest BCUT2D eigenvalue weighted by molar-refractivity contribution is 8.23. The zero-order valence-corrected chi connectivity index (χ0v) is 14.8. The lowest BCUT2D eigenvalue weighted by Gasteiger charge is -2.15. The summed E-state index contributed by atoms with van der Waals surface area (Å²) in [5.74, 6) is 0.609. The first-order chi connectivity index (χ1) is 11.1. The second-order valence-corrected chi connectivity index (χ2v) is 6.50. The van der Waals surface area contributed by atoms with Crippen LogP contribution in [0.4, 0.5) is 5.69 Å². The number of nitriles is 1.